The third kappa shape index (κ3) is 2.63. The quantitative estimate of drug-likeness (QED) is 0.380. The van der Waals surface area contributed by atoms with Crippen LogP contribution in [0, 0.1) is 0 Å². The Kier molecular flexibility index (Phi) is 3.60. The van der Waals surface area contributed by atoms with Crippen LogP contribution in [0.15, 0.2) is 77.2 Å². The van der Waals surface area contributed by atoms with Crippen molar-refractivity contribution >= 4 is 34.0 Å². The van der Waals surface area contributed by atoms with Crippen LogP contribution in [-0.2, 0) is 0 Å². The fraction of sp³-hybridized carbons (Fsp3) is 0. The first-order valence-corrected chi connectivity index (χ1v) is 8.01. The molecule has 0 atom stereocenters. The van der Waals surface area contributed by atoms with Crippen molar-refractivity contribution in [3.63, 3.8) is 0 Å². The molecule has 4 aromatic rings. The third-order valence-corrected chi connectivity index (χ3v) is 4.34. The second-order valence-electron chi connectivity index (χ2n) is 5.32. The van der Waals surface area contributed by atoms with Gasteiger partial charge in [0, 0.05) is 31.9 Å². The van der Waals surface area contributed by atoms with Crippen molar-refractivity contribution in [3.8, 4) is 22.6 Å². The summed E-state index contributed by atoms with van der Waals surface area (Å²) in [5, 5.41) is 3.59. The smallest absolute Gasteiger partial charge is 0.142 e. The maximum Gasteiger partial charge on any atom is 0.142 e. The van der Waals surface area contributed by atoms with E-state index in [-0.39, 0.29) is 0 Å². The lowest BCUT2D eigenvalue weighted by molar-refractivity contribution is 0.602. The second-order valence-corrected chi connectivity index (χ2v) is 6.19. The SMILES string of the molecule is Clc1ccc(-c2oc(-c3ccc(Cl)cc3)c3ccccc23)cc1. The lowest BCUT2D eigenvalue weighted by Crippen LogP contribution is -1.74. The van der Waals surface area contributed by atoms with Crippen LogP contribution in [0.2, 0.25) is 10.0 Å². The number of benzene rings is 3. The minimum absolute atomic E-state index is 0.711. The molecular formula is C20H12Cl2O. The minimum atomic E-state index is 0.711. The zero-order valence-corrected chi connectivity index (χ0v) is 13.6. The number of rotatable bonds is 2. The van der Waals surface area contributed by atoms with Gasteiger partial charge in [-0.15, -0.1) is 0 Å². The molecule has 0 radical (unpaired) electrons. The molecule has 0 saturated carbocycles. The highest BCUT2D eigenvalue weighted by Crippen LogP contribution is 2.39. The highest BCUT2D eigenvalue weighted by Gasteiger charge is 2.15. The molecular weight excluding hydrogens is 327 g/mol. The van der Waals surface area contributed by atoms with Crippen LogP contribution in [0.4, 0.5) is 0 Å². The molecule has 1 aromatic heterocycles. The first kappa shape index (κ1) is 14.4. The maximum atomic E-state index is 6.23. The molecule has 1 nitrogen and oxygen atoms in total. The largest absolute Gasteiger partial charge is 0.455 e. The summed E-state index contributed by atoms with van der Waals surface area (Å²) >= 11 is 12.0. The molecule has 3 aromatic carbocycles. The van der Waals surface area contributed by atoms with E-state index in [0.717, 1.165) is 33.4 Å². The first-order valence-electron chi connectivity index (χ1n) is 7.26. The van der Waals surface area contributed by atoms with Gasteiger partial charge in [0.2, 0.25) is 0 Å². The molecule has 0 unspecified atom stereocenters. The van der Waals surface area contributed by atoms with E-state index >= 15 is 0 Å². The summed E-state index contributed by atoms with van der Waals surface area (Å²) in [7, 11) is 0. The maximum absolute atomic E-state index is 6.23. The molecule has 0 aliphatic rings. The molecule has 0 aliphatic carbocycles. The summed E-state index contributed by atoms with van der Waals surface area (Å²) in [4.78, 5) is 0. The van der Waals surface area contributed by atoms with Gasteiger partial charge in [0.1, 0.15) is 11.5 Å². The summed E-state index contributed by atoms with van der Waals surface area (Å²) in [6.07, 6.45) is 0. The Morgan fingerprint density at radius 1 is 0.522 bits per heavy atom. The van der Waals surface area contributed by atoms with Gasteiger partial charge in [0.25, 0.3) is 0 Å². The molecule has 4 rings (SSSR count). The molecule has 3 heteroatoms. The summed E-state index contributed by atoms with van der Waals surface area (Å²) in [5.74, 6) is 1.70. The molecule has 0 saturated heterocycles. The molecule has 112 valence electrons. The lowest BCUT2D eigenvalue weighted by Gasteiger charge is -1.99. The van der Waals surface area contributed by atoms with Gasteiger partial charge in [0.15, 0.2) is 0 Å². The number of halogens is 2. The van der Waals surface area contributed by atoms with Crippen molar-refractivity contribution in [3.05, 3.63) is 82.8 Å². The average molecular weight is 339 g/mol. The molecule has 0 spiro atoms. The van der Waals surface area contributed by atoms with E-state index in [2.05, 4.69) is 12.1 Å². The van der Waals surface area contributed by atoms with Crippen LogP contribution in [-0.4, -0.2) is 0 Å². The minimum Gasteiger partial charge on any atom is -0.455 e. The van der Waals surface area contributed by atoms with Crippen LogP contribution in [0.3, 0.4) is 0 Å². The van der Waals surface area contributed by atoms with E-state index < -0.39 is 0 Å². The highest BCUT2D eigenvalue weighted by molar-refractivity contribution is 6.31. The van der Waals surface area contributed by atoms with Crippen LogP contribution in [0.25, 0.3) is 33.4 Å². The Hall–Kier alpha value is -2.22. The van der Waals surface area contributed by atoms with Crippen LogP contribution >= 0.6 is 23.2 Å². The van der Waals surface area contributed by atoms with Crippen molar-refractivity contribution in [2.45, 2.75) is 0 Å². The number of furan rings is 1. The number of hydrogen-bond acceptors (Lipinski definition) is 1. The summed E-state index contributed by atoms with van der Waals surface area (Å²) in [5.41, 5.74) is 2.01. The van der Waals surface area contributed by atoms with E-state index in [1.54, 1.807) is 0 Å². The van der Waals surface area contributed by atoms with Crippen LogP contribution in [0.1, 0.15) is 0 Å². The fourth-order valence-corrected chi connectivity index (χ4v) is 2.97. The van der Waals surface area contributed by atoms with Crippen molar-refractivity contribution in [2.75, 3.05) is 0 Å². The lowest BCUT2D eigenvalue weighted by atomic mass is 10.0. The molecule has 0 aliphatic heterocycles. The van der Waals surface area contributed by atoms with E-state index in [0.29, 0.717) is 10.0 Å². The van der Waals surface area contributed by atoms with Crippen LogP contribution in [0.5, 0.6) is 0 Å². The predicted molar refractivity (Wildman–Crippen MR) is 97.1 cm³/mol. The van der Waals surface area contributed by atoms with Crippen molar-refractivity contribution in [2.24, 2.45) is 0 Å². The fourth-order valence-electron chi connectivity index (χ4n) is 2.72. The highest BCUT2D eigenvalue weighted by atomic mass is 35.5. The van der Waals surface area contributed by atoms with E-state index in [1.165, 1.54) is 0 Å². The molecule has 0 bridgehead atoms. The van der Waals surface area contributed by atoms with Gasteiger partial charge in [0.05, 0.1) is 0 Å². The molecule has 0 amide bonds. The Morgan fingerprint density at radius 3 is 1.30 bits per heavy atom. The van der Waals surface area contributed by atoms with Crippen molar-refractivity contribution in [1.29, 1.82) is 0 Å². The average Bonchev–Trinajstić information content (AvgIpc) is 2.96. The Morgan fingerprint density at radius 2 is 0.913 bits per heavy atom. The van der Waals surface area contributed by atoms with Crippen LogP contribution < -0.4 is 0 Å². The van der Waals surface area contributed by atoms with E-state index in [4.69, 9.17) is 27.6 Å². The van der Waals surface area contributed by atoms with Gasteiger partial charge >= 0.3 is 0 Å². The zero-order valence-electron chi connectivity index (χ0n) is 12.1. The Balaban J connectivity index is 1.96. The van der Waals surface area contributed by atoms with Gasteiger partial charge < -0.3 is 4.42 Å². The predicted octanol–water partition coefficient (Wildman–Crippen LogP) is 7.07. The topological polar surface area (TPSA) is 13.1 Å². The van der Waals surface area contributed by atoms with E-state index in [9.17, 15) is 0 Å². The summed E-state index contributed by atoms with van der Waals surface area (Å²) in [6, 6.07) is 23.5. The molecule has 23 heavy (non-hydrogen) atoms. The first-order chi connectivity index (χ1) is 11.2. The molecule has 1 heterocycles. The van der Waals surface area contributed by atoms with Gasteiger partial charge in [-0.05, 0) is 48.5 Å². The summed E-state index contributed by atoms with van der Waals surface area (Å²) < 4.78 is 6.23. The van der Waals surface area contributed by atoms with Gasteiger partial charge in [-0.3, -0.25) is 0 Å². The molecule has 0 N–H and O–H groups in total. The monoisotopic (exact) mass is 338 g/mol. The van der Waals surface area contributed by atoms with Gasteiger partial charge in [-0.25, -0.2) is 0 Å². The Bertz CT molecular complexity index is 887. The van der Waals surface area contributed by atoms with Gasteiger partial charge in [-0.1, -0.05) is 47.5 Å². The third-order valence-electron chi connectivity index (χ3n) is 3.83. The number of fused-ring (bicyclic) bond motifs is 1. The van der Waals surface area contributed by atoms with E-state index in [1.807, 2.05) is 60.7 Å². The summed E-state index contributed by atoms with van der Waals surface area (Å²) in [6.45, 7) is 0. The normalized spacial score (nSPS) is 11.0. The standard InChI is InChI=1S/C20H12Cl2O/c21-15-9-5-13(6-10-15)19-17-3-1-2-4-18(17)20(23-19)14-7-11-16(22)12-8-14/h1-12H. The number of hydrogen-bond donors (Lipinski definition) is 0. The zero-order chi connectivity index (χ0) is 15.8. The van der Waals surface area contributed by atoms with Crippen molar-refractivity contribution < 1.29 is 4.42 Å². The second kappa shape index (κ2) is 5.77. The Labute approximate surface area is 144 Å². The van der Waals surface area contributed by atoms with Crippen molar-refractivity contribution in [1.82, 2.24) is 0 Å². The van der Waals surface area contributed by atoms with Gasteiger partial charge in [-0.2, -0.15) is 0 Å². The molecule has 0 fully saturated rings.